The zero-order valence-electron chi connectivity index (χ0n) is 10.4. The second kappa shape index (κ2) is 6.23. The minimum atomic E-state index is 0.136. The topological polar surface area (TPSA) is 32.3 Å². The summed E-state index contributed by atoms with van der Waals surface area (Å²) in [7, 11) is 0. The van der Waals surface area contributed by atoms with E-state index >= 15 is 0 Å². The summed E-state index contributed by atoms with van der Waals surface area (Å²) >= 11 is 0. The quantitative estimate of drug-likeness (QED) is 0.604. The molecular formula is C15H18N2O. The van der Waals surface area contributed by atoms with Crippen LogP contribution in [0.1, 0.15) is 18.4 Å². The number of amides is 1. The van der Waals surface area contributed by atoms with E-state index in [1.54, 1.807) is 0 Å². The van der Waals surface area contributed by atoms with Crippen molar-refractivity contribution in [2.45, 2.75) is 25.4 Å². The fraction of sp³-hybridized carbons (Fsp3) is 0.400. The highest BCUT2D eigenvalue weighted by Gasteiger charge is 2.31. The van der Waals surface area contributed by atoms with Crippen LogP contribution in [0.25, 0.3) is 0 Å². The van der Waals surface area contributed by atoms with Gasteiger partial charge in [0, 0.05) is 12.6 Å². The van der Waals surface area contributed by atoms with Crippen LogP contribution >= 0.6 is 0 Å². The molecule has 1 aliphatic rings. The molecule has 0 aliphatic heterocycles. The van der Waals surface area contributed by atoms with E-state index in [1.165, 1.54) is 5.56 Å². The van der Waals surface area contributed by atoms with Crippen molar-refractivity contribution in [1.82, 2.24) is 10.2 Å². The third kappa shape index (κ3) is 3.61. The van der Waals surface area contributed by atoms with E-state index in [4.69, 9.17) is 6.42 Å². The van der Waals surface area contributed by atoms with E-state index < -0.39 is 0 Å². The average Bonchev–Trinajstić information content (AvgIpc) is 3.21. The summed E-state index contributed by atoms with van der Waals surface area (Å²) in [5, 5.41) is 2.96. The molecule has 0 aromatic heterocycles. The highest BCUT2D eigenvalue weighted by Crippen LogP contribution is 2.28. The molecule has 1 N–H and O–H groups in total. The Morgan fingerprint density at radius 1 is 1.39 bits per heavy atom. The van der Waals surface area contributed by atoms with Crippen molar-refractivity contribution in [3.8, 4) is 12.3 Å². The molecule has 0 atom stereocenters. The Morgan fingerprint density at radius 2 is 2.11 bits per heavy atom. The van der Waals surface area contributed by atoms with Gasteiger partial charge in [-0.05, 0) is 18.4 Å². The SMILES string of the molecule is C#CCNCC(=O)N(Cc1ccccc1)C1CC1. The Hall–Kier alpha value is -1.79. The van der Waals surface area contributed by atoms with E-state index in [0.29, 0.717) is 25.7 Å². The van der Waals surface area contributed by atoms with E-state index in [-0.39, 0.29) is 5.91 Å². The van der Waals surface area contributed by atoms with Gasteiger partial charge in [-0.2, -0.15) is 0 Å². The maximum absolute atomic E-state index is 12.1. The molecule has 3 heteroatoms. The maximum atomic E-state index is 12.1. The van der Waals surface area contributed by atoms with Gasteiger partial charge in [0.15, 0.2) is 0 Å². The van der Waals surface area contributed by atoms with Crippen LogP contribution in [-0.4, -0.2) is 29.9 Å². The lowest BCUT2D eigenvalue weighted by molar-refractivity contribution is -0.131. The lowest BCUT2D eigenvalue weighted by Crippen LogP contribution is -2.39. The molecular weight excluding hydrogens is 224 g/mol. The summed E-state index contributed by atoms with van der Waals surface area (Å²) in [6.45, 7) is 1.46. The Morgan fingerprint density at radius 3 is 2.72 bits per heavy atom. The van der Waals surface area contributed by atoms with Gasteiger partial charge in [0.05, 0.1) is 13.1 Å². The summed E-state index contributed by atoms with van der Waals surface area (Å²) in [6.07, 6.45) is 7.39. The third-order valence-corrected chi connectivity index (χ3v) is 3.01. The van der Waals surface area contributed by atoms with Crippen molar-refractivity contribution in [2.75, 3.05) is 13.1 Å². The van der Waals surface area contributed by atoms with E-state index in [9.17, 15) is 4.79 Å². The van der Waals surface area contributed by atoms with Gasteiger partial charge in [0.1, 0.15) is 0 Å². The van der Waals surface area contributed by atoms with Crippen LogP contribution in [0.5, 0.6) is 0 Å². The highest BCUT2D eigenvalue weighted by atomic mass is 16.2. The normalized spacial score (nSPS) is 13.9. The number of nitrogens with one attached hydrogen (secondary N) is 1. The fourth-order valence-electron chi connectivity index (χ4n) is 1.93. The van der Waals surface area contributed by atoms with Crippen LogP contribution in [0.15, 0.2) is 30.3 Å². The van der Waals surface area contributed by atoms with Gasteiger partial charge < -0.3 is 4.90 Å². The first-order chi connectivity index (χ1) is 8.81. The van der Waals surface area contributed by atoms with Gasteiger partial charge in [0.2, 0.25) is 5.91 Å². The summed E-state index contributed by atoms with van der Waals surface area (Å²) in [5.41, 5.74) is 1.18. The number of nitrogens with zero attached hydrogens (tertiary/aromatic N) is 1. The Balaban J connectivity index is 1.92. The number of hydrogen-bond acceptors (Lipinski definition) is 2. The second-order valence-corrected chi connectivity index (χ2v) is 4.55. The van der Waals surface area contributed by atoms with Crippen molar-refractivity contribution in [3.63, 3.8) is 0 Å². The zero-order valence-corrected chi connectivity index (χ0v) is 10.4. The number of rotatable bonds is 6. The van der Waals surface area contributed by atoms with Crippen LogP contribution in [0.4, 0.5) is 0 Å². The van der Waals surface area contributed by atoms with Crippen LogP contribution < -0.4 is 5.32 Å². The first-order valence-corrected chi connectivity index (χ1v) is 6.29. The monoisotopic (exact) mass is 242 g/mol. The molecule has 18 heavy (non-hydrogen) atoms. The summed E-state index contributed by atoms with van der Waals surface area (Å²) < 4.78 is 0. The van der Waals surface area contributed by atoms with Gasteiger partial charge in [0.25, 0.3) is 0 Å². The van der Waals surface area contributed by atoms with Crippen molar-refractivity contribution < 1.29 is 4.79 Å². The smallest absolute Gasteiger partial charge is 0.237 e. The molecule has 1 aliphatic carbocycles. The van der Waals surface area contributed by atoms with E-state index in [1.807, 2.05) is 23.1 Å². The molecule has 2 rings (SSSR count). The second-order valence-electron chi connectivity index (χ2n) is 4.55. The summed E-state index contributed by atoms with van der Waals surface area (Å²) in [6, 6.07) is 10.5. The van der Waals surface area contributed by atoms with Gasteiger partial charge >= 0.3 is 0 Å². The van der Waals surface area contributed by atoms with Crippen LogP contribution in [0.2, 0.25) is 0 Å². The molecule has 1 fully saturated rings. The molecule has 0 radical (unpaired) electrons. The lowest BCUT2D eigenvalue weighted by atomic mass is 10.2. The van der Waals surface area contributed by atoms with E-state index in [0.717, 1.165) is 12.8 Å². The van der Waals surface area contributed by atoms with Gasteiger partial charge in [-0.3, -0.25) is 10.1 Å². The number of hydrogen-bond donors (Lipinski definition) is 1. The molecule has 1 aromatic carbocycles. The minimum absolute atomic E-state index is 0.136. The molecule has 3 nitrogen and oxygen atoms in total. The van der Waals surface area contributed by atoms with Crippen molar-refractivity contribution in [1.29, 1.82) is 0 Å². The molecule has 0 unspecified atom stereocenters. The number of benzene rings is 1. The molecule has 94 valence electrons. The standard InChI is InChI=1S/C15H18N2O/c1-2-10-16-11-15(18)17(14-8-9-14)12-13-6-4-3-5-7-13/h1,3-7,14,16H,8-12H2. The lowest BCUT2D eigenvalue weighted by Gasteiger charge is -2.22. The van der Waals surface area contributed by atoms with Crippen molar-refractivity contribution in [3.05, 3.63) is 35.9 Å². The minimum Gasteiger partial charge on any atom is -0.334 e. The summed E-state index contributed by atoms with van der Waals surface area (Å²) in [4.78, 5) is 14.1. The molecule has 1 aromatic rings. The molecule has 0 spiro atoms. The molecule has 0 bridgehead atoms. The largest absolute Gasteiger partial charge is 0.334 e. The Bertz CT molecular complexity index is 432. The molecule has 0 heterocycles. The zero-order chi connectivity index (χ0) is 12.8. The predicted molar refractivity (Wildman–Crippen MR) is 71.7 cm³/mol. The fourth-order valence-corrected chi connectivity index (χ4v) is 1.93. The van der Waals surface area contributed by atoms with Crippen molar-refractivity contribution >= 4 is 5.91 Å². The Kier molecular flexibility index (Phi) is 4.38. The number of carbonyl (C=O) groups is 1. The van der Waals surface area contributed by atoms with Crippen molar-refractivity contribution in [2.24, 2.45) is 0 Å². The van der Waals surface area contributed by atoms with Crippen LogP contribution in [0.3, 0.4) is 0 Å². The van der Waals surface area contributed by atoms with Gasteiger partial charge in [-0.15, -0.1) is 6.42 Å². The number of carbonyl (C=O) groups excluding carboxylic acids is 1. The predicted octanol–water partition coefficient (Wildman–Crippen LogP) is 1.40. The maximum Gasteiger partial charge on any atom is 0.237 e. The van der Waals surface area contributed by atoms with Gasteiger partial charge in [-0.25, -0.2) is 0 Å². The average molecular weight is 242 g/mol. The van der Waals surface area contributed by atoms with Crippen LogP contribution in [-0.2, 0) is 11.3 Å². The summed E-state index contributed by atoms with van der Waals surface area (Å²) in [5.74, 6) is 2.61. The van der Waals surface area contributed by atoms with E-state index in [2.05, 4.69) is 23.4 Å². The molecule has 1 saturated carbocycles. The first-order valence-electron chi connectivity index (χ1n) is 6.29. The van der Waals surface area contributed by atoms with Gasteiger partial charge in [-0.1, -0.05) is 36.3 Å². The first kappa shape index (κ1) is 12.7. The van der Waals surface area contributed by atoms with Crippen LogP contribution in [0, 0.1) is 12.3 Å². The molecule has 0 saturated heterocycles. The molecule has 1 amide bonds. The highest BCUT2D eigenvalue weighted by molar-refractivity contribution is 5.79. The third-order valence-electron chi connectivity index (χ3n) is 3.01. The number of terminal acetylenes is 1. The Labute approximate surface area is 108 Å².